The molecule has 1 aromatic carbocycles. The van der Waals surface area contributed by atoms with Crippen molar-refractivity contribution in [2.75, 3.05) is 13.2 Å². The molecule has 17 nitrogen and oxygen atoms in total. The fraction of sp³-hybridized carbons (Fsp3) is 0.674. The molecule has 10 atom stereocenters. The second-order valence-corrected chi connectivity index (χ2v) is 18.2. The number of benzene rings is 1. The Bertz CT molecular complexity index is 1840. The van der Waals surface area contributed by atoms with Crippen LogP contribution in [0.5, 0.6) is 0 Å². The predicted molar refractivity (Wildman–Crippen MR) is 211 cm³/mol. The highest BCUT2D eigenvalue weighted by molar-refractivity contribution is 5.95. The molecule has 1 aliphatic heterocycles. The molecule has 5 N–H and O–H groups in total. The van der Waals surface area contributed by atoms with Gasteiger partial charge in [0.15, 0.2) is 18.0 Å². The number of fused-ring (bicyclic) bond motifs is 3. The van der Waals surface area contributed by atoms with Crippen LogP contribution in [0, 0.1) is 22.7 Å². The Kier molecular flexibility index (Phi) is 14.4. The van der Waals surface area contributed by atoms with Crippen LogP contribution in [0.25, 0.3) is 0 Å². The summed E-state index contributed by atoms with van der Waals surface area (Å²) in [7, 11) is 0. The molecule has 2 aliphatic carbocycles. The van der Waals surface area contributed by atoms with Crippen LogP contribution in [0.1, 0.15) is 106 Å². The number of carbonyl (C=O) groups is 6. The molecule has 3 aliphatic rings. The van der Waals surface area contributed by atoms with E-state index in [2.05, 4.69) is 5.32 Å². The molecule has 2 bridgehead atoms. The SMILES string of the molecule is CC(=O)OC[C@@]1(O)O[C@@H](CCO)[C@@]2(C)C(=O)[C@H](OC(C)=O)C3=C(C)[C@@H](OC(=O)[C@H](O)[C@@H](CC(C)C)NC(=O)OC(C)(C)C)C[C@@](O)([C@@H](OC(=O)c4ccccc4)[C@@H]21)C3(C)C. The first-order chi connectivity index (χ1) is 27.6. The summed E-state index contributed by atoms with van der Waals surface area (Å²) in [6.07, 6.45) is -10.4. The van der Waals surface area contributed by atoms with Gasteiger partial charge in [-0.1, -0.05) is 45.9 Å². The van der Waals surface area contributed by atoms with Crippen molar-refractivity contribution >= 4 is 35.8 Å². The van der Waals surface area contributed by atoms with E-state index in [-0.39, 0.29) is 35.5 Å². The van der Waals surface area contributed by atoms with Crippen LogP contribution in [0.3, 0.4) is 0 Å². The van der Waals surface area contributed by atoms with Gasteiger partial charge in [-0.15, -0.1) is 0 Å². The zero-order valence-corrected chi connectivity index (χ0v) is 36.2. The summed E-state index contributed by atoms with van der Waals surface area (Å²) in [5.74, 6) is -9.57. The first-order valence-corrected chi connectivity index (χ1v) is 20.1. The van der Waals surface area contributed by atoms with E-state index in [0.717, 1.165) is 13.8 Å². The minimum absolute atomic E-state index is 0.0173. The van der Waals surface area contributed by atoms with E-state index in [1.165, 1.54) is 39.8 Å². The van der Waals surface area contributed by atoms with Crippen molar-refractivity contribution < 1.29 is 77.6 Å². The first-order valence-electron chi connectivity index (χ1n) is 20.1. The fourth-order valence-electron chi connectivity index (χ4n) is 9.00. The van der Waals surface area contributed by atoms with Gasteiger partial charge in [-0.05, 0) is 76.7 Å². The lowest BCUT2D eigenvalue weighted by atomic mass is 9.49. The maximum absolute atomic E-state index is 15.4. The zero-order valence-electron chi connectivity index (χ0n) is 36.2. The Morgan fingerprint density at radius 2 is 1.58 bits per heavy atom. The number of ether oxygens (including phenoxy) is 6. The van der Waals surface area contributed by atoms with Crippen LogP contribution in [-0.4, -0.2) is 123 Å². The van der Waals surface area contributed by atoms with Crippen LogP contribution in [0.15, 0.2) is 41.5 Å². The monoisotopic (exact) mass is 847 g/mol. The molecule has 1 heterocycles. The van der Waals surface area contributed by atoms with Crippen LogP contribution >= 0.6 is 0 Å². The largest absolute Gasteiger partial charge is 0.460 e. The summed E-state index contributed by atoms with van der Waals surface area (Å²) >= 11 is 0. The summed E-state index contributed by atoms with van der Waals surface area (Å²) < 4.78 is 34.8. The number of aliphatic hydroxyl groups is 4. The molecule has 17 heteroatoms. The standard InChI is InChI=1S/C43H61NO16/c1-22(2)19-27(44-38(52)60-39(6,7)8)31(48)37(51)57-28-20-42(53)35(58-36(50)26-15-13-12-14-16-26)33-41(11,29(17-18-45)59-43(33,54)21-55-24(4)46)34(49)32(56-25(5)47)30(23(28)3)40(42,9)10/h12-16,22,27-29,31-33,35,45,48,53-54H,17-21H2,1-11H3,(H,44,52)/t27-,28+,29+,31-,32-,33+,35+,41-,42-,43-/m1/s1. The lowest BCUT2D eigenvalue weighted by Crippen LogP contribution is -2.71. The number of aliphatic hydroxyl groups excluding tert-OH is 2. The van der Waals surface area contributed by atoms with Gasteiger partial charge in [0.2, 0.25) is 5.79 Å². The van der Waals surface area contributed by atoms with Crippen LogP contribution in [0.2, 0.25) is 0 Å². The lowest BCUT2D eigenvalue weighted by Gasteiger charge is -2.59. The second-order valence-electron chi connectivity index (χ2n) is 18.2. The molecular formula is C43H61NO16. The van der Waals surface area contributed by atoms with Crippen molar-refractivity contribution in [1.29, 1.82) is 0 Å². The van der Waals surface area contributed by atoms with Gasteiger partial charge in [0.1, 0.15) is 30.0 Å². The number of ketones is 1. The van der Waals surface area contributed by atoms with Gasteiger partial charge in [0.05, 0.1) is 29.0 Å². The molecule has 334 valence electrons. The molecule has 1 amide bonds. The summed E-state index contributed by atoms with van der Waals surface area (Å²) in [5, 5.41) is 50.2. The highest BCUT2D eigenvalue weighted by Gasteiger charge is 2.76. The number of esters is 4. The highest BCUT2D eigenvalue weighted by Crippen LogP contribution is 2.63. The molecule has 0 spiro atoms. The third-order valence-corrected chi connectivity index (χ3v) is 11.8. The number of alkyl carbamates (subject to hydrolysis) is 1. The Balaban J connectivity index is 1.99. The van der Waals surface area contributed by atoms with Crippen molar-refractivity contribution in [3.63, 3.8) is 0 Å². The number of rotatable bonds is 13. The number of hydrogen-bond acceptors (Lipinski definition) is 16. The summed E-state index contributed by atoms with van der Waals surface area (Å²) in [5.41, 5.74) is -7.04. The number of Topliss-reactive ketones (excluding diaryl/α,β-unsaturated/α-hetero) is 1. The Morgan fingerprint density at radius 1 is 0.967 bits per heavy atom. The first kappa shape index (κ1) is 48.2. The summed E-state index contributed by atoms with van der Waals surface area (Å²) in [6.45, 7) is 15.0. The predicted octanol–water partition coefficient (Wildman–Crippen LogP) is 3.07. The van der Waals surface area contributed by atoms with Gasteiger partial charge in [0.25, 0.3) is 0 Å². The van der Waals surface area contributed by atoms with Crippen molar-refractivity contribution in [2.45, 2.75) is 149 Å². The molecule has 1 saturated carbocycles. The molecule has 0 radical (unpaired) electrons. The van der Waals surface area contributed by atoms with E-state index in [1.54, 1.807) is 52.8 Å². The molecular weight excluding hydrogens is 786 g/mol. The maximum Gasteiger partial charge on any atom is 0.407 e. The molecule has 0 unspecified atom stereocenters. The van der Waals surface area contributed by atoms with E-state index in [9.17, 15) is 44.4 Å². The zero-order chi connectivity index (χ0) is 45.3. The van der Waals surface area contributed by atoms with Gasteiger partial charge in [0, 0.05) is 32.3 Å². The molecule has 1 saturated heterocycles. The Morgan fingerprint density at radius 3 is 2.12 bits per heavy atom. The average Bonchev–Trinajstić information content (AvgIpc) is 3.35. The van der Waals surface area contributed by atoms with E-state index < -0.39 is 126 Å². The van der Waals surface area contributed by atoms with E-state index in [4.69, 9.17) is 28.4 Å². The maximum atomic E-state index is 15.4. The quantitative estimate of drug-likeness (QED) is 0.109. The van der Waals surface area contributed by atoms with Gasteiger partial charge in [-0.2, -0.15) is 0 Å². The van der Waals surface area contributed by atoms with Crippen molar-refractivity contribution in [2.24, 2.45) is 22.7 Å². The van der Waals surface area contributed by atoms with E-state index in [0.29, 0.717) is 0 Å². The minimum Gasteiger partial charge on any atom is -0.460 e. The van der Waals surface area contributed by atoms with Crippen molar-refractivity contribution in [1.82, 2.24) is 5.32 Å². The molecule has 4 rings (SSSR count). The number of carbonyl (C=O) groups excluding carboxylic acids is 6. The Labute approximate surface area is 350 Å². The average molecular weight is 848 g/mol. The minimum atomic E-state index is -2.70. The van der Waals surface area contributed by atoms with Crippen molar-refractivity contribution in [3.8, 4) is 0 Å². The normalized spacial score (nSPS) is 30.9. The third kappa shape index (κ3) is 9.54. The van der Waals surface area contributed by atoms with Gasteiger partial charge >= 0.3 is 30.0 Å². The number of hydrogen-bond donors (Lipinski definition) is 5. The smallest absolute Gasteiger partial charge is 0.407 e. The molecule has 1 aromatic rings. The van der Waals surface area contributed by atoms with Gasteiger partial charge in [-0.3, -0.25) is 14.4 Å². The Hall–Kier alpha value is -4.42. The number of nitrogens with one attached hydrogen (secondary N) is 1. The molecule has 60 heavy (non-hydrogen) atoms. The van der Waals surface area contributed by atoms with Gasteiger partial charge < -0.3 is 54.2 Å². The van der Waals surface area contributed by atoms with E-state index in [1.807, 2.05) is 0 Å². The highest BCUT2D eigenvalue weighted by atomic mass is 16.7. The second kappa shape index (κ2) is 17.9. The lowest BCUT2D eigenvalue weighted by molar-refractivity contribution is -0.274. The topological polar surface area (TPSA) is 251 Å². The van der Waals surface area contributed by atoms with Crippen LogP contribution in [0.4, 0.5) is 4.79 Å². The van der Waals surface area contributed by atoms with Crippen LogP contribution < -0.4 is 5.32 Å². The van der Waals surface area contributed by atoms with Crippen LogP contribution in [-0.2, 0) is 47.6 Å². The van der Waals surface area contributed by atoms with Crippen molar-refractivity contribution in [3.05, 3.63) is 47.0 Å². The number of amides is 1. The summed E-state index contributed by atoms with van der Waals surface area (Å²) in [4.78, 5) is 81.5. The fourth-order valence-corrected chi connectivity index (χ4v) is 9.00. The molecule has 2 fully saturated rings. The van der Waals surface area contributed by atoms with Gasteiger partial charge in [-0.25, -0.2) is 14.4 Å². The summed E-state index contributed by atoms with van der Waals surface area (Å²) in [6, 6.07) is 6.45. The molecule has 0 aromatic heterocycles. The third-order valence-electron chi connectivity index (χ3n) is 11.8. The van der Waals surface area contributed by atoms with E-state index >= 15 is 4.79 Å².